The van der Waals surface area contributed by atoms with Crippen LogP contribution in [0.1, 0.15) is 25.8 Å². The molecular weight excluding hydrogens is 251 g/mol. The molecule has 4 heteroatoms. The fourth-order valence-electron chi connectivity index (χ4n) is 2.45. The lowest BCUT2D eigenvalue weighted by Crippen LogP contribution is -2.46. The number of benzene rings is 1. The molecule has 0 spiro atoms. The van der Waals surface area contributed by atoms with Crippen LogP contribution in [0.25, 0.3) is 0 Å². The van der Waals surface area contributed by atoms with E-state index in [4.69, 9.17) is 11.6 Å². The van der Waals surface area contributed by atoms with Crippen molar-refractivity contribution in [2.45, 2.75) is 32.4 Å². The van der Waals surface area contributed by atoms with Crippen molar-refractivity contribution in [2.24, 2.45) is 0 Å². The van der Waals surface area contributed by atoms with Gasteiger partial charge >= 0.3 is 0 Å². The SMILES string of the molecule is CC1(C)CN(Cc2ccc(F)c(Cl)c2)CCCN1. The van der Waals surface area contributed by atoms with E-state index < -0.39 is 0 Å². The van der Waals surface area contributed by atoms with Gasteiger partial charge in [0.2, 0.25) is 0 Å². The van der Waals surface area contributed by atoms with E-state index in [0.29, 0.717) is 0 Å². The second-order valence-corrected chi connectivity index (χ2v) is 6.03. The minimum atomic E-state index is -0.349. The van der Waals surface area contributed by atoms with Crippen molar-refractivity contribution in [1.82, 2.24) is 10.2 Å². The molecule has 0 amide bonds. The lowest BCUT2D eigenvalue weighted by Gasteiger charge is -2.30. The smallest absolute Gasteiger partial charge is 0.141 e. The van der Waals surface area contributed by atoms with Gasteiger partial charge in [0.05, 0.1) is 5.02 Å². The van der Waals surface area contributed by atoms with Crippen LogP contribution in [0.15, 0.2) is 18.2 Å². The van der Waals surface area contributed by atoms with Crippen molar-refractivity contribution in [1.29, 1.82) is 0 Å². The van der Waals surface area contributed by atoms with Gasteiger partial charge in [0.15, 0.2) is 0 Å². The lowest BCUT2D eigenvalue weighted by molar-refractivity contribution is 0.224. The standard InChI is InChI=1S/C14H20ClFN2/c1-14(2)10-18(7-3-6-17-14)9-11-4-5-13(16)12(15)8-11/h4-5,8,17H,3,6-7,9-10H2,1-2H3. The molecule has 0 bridgehead atoms. The number of nitrogens with one attached hydrogen (secondary N) is 1. The summed E-state index contributed by atoms with van der Waals surface area (Å²) in [6.45, 7) is 8.35. The molecule has 1 fully saturated rings. The molecule has 100 valence electrons. The van der Waals surface area contributed by atoms with Crippen LogP contribution in [0.4, 0.5) is 4.39 Å². The molecule has 0 aliphatic carbocycles. The van der Waals surface area contributed by atoms with Crippen LogP contribution in [0.2, 0.25) is 5.02 Å². The predicted octanol–water partition coefficient (Wildman–Crippen LogP) is 3.05. The van der Waals surface area contributed by atoms with Gasteiger partial charge in [0, 0.05) is 18.6 Å². The Morgan fingerprint density at radius 2 is 2.22 bits per heavy atom. The molecule has 0 unspecified atom stereocenters. The van der Waals surface area contributed by atoms with Crippen LogP contribution in [-0.2, 0) is 6.54 Å². The molecular formula is C14H20ClFN2. The summed E-state index contributed by atoms with van der Waals surface area (Å²) < 4.78 is 13.1. The Bertz CT molecular complexity index is 420. The Hall–Kier alpha value is -0.640. The molecule has 0 radical (unpaired) electrons. The zero-order valence-corrected chi connectivity index (χ0v) is 11.7. The summed E-state index contributed by atoms with van der Waals surface area (Å²) in [6.07, 6.45) is 1.14. The molecule has 2 rings (SSSR count). The highest BCUT2D eigenvalue weighted by Gasteiger charge is 2.23. The van der Waals surface area contributed by atoms with E-state index in [2.05, 4.69) is 24.1 Å². The summed E-state index contributed by atoms with van der Waals surface area (Å²) >= 11 is 5.81. The van der Waals surface area contributed by atoms with Crippen LogP contribution in [0, 0.1) is 5.82 Å². The third kappa shape index (κ3) is 3.67. The van der Waals surface area contributed by atoms with E-state index in [1.165, 1.54) is 6.07 Å². The molecule has 2 nitrogen and oxygen atoms in total. The van der Waals surface area contributed by atoms with Gasteiger partial charge in [-0.2, -0.15) is 0 Å². The van der Waals surface area contributed by atoms with Gasteiger partial charge in [-0.05, 0) is 51.1 Å². The molecule has 1 aliphatic rings. The molecule has 0 atom stereocenters. The normalized spacial score (nSPS) is 20.7. The zero-order chi connectivity index (χ0) is 13.2. The third-order valence-corrected chi connectivity index (χ3v) is 3.55. The topological polar surface area (TPSA) is 15.3 Å². The summed E-state index contributed by atoms with van der Waals surface area (Å²) in [5.41, 5.74) is 1.19. The molecule has 1 aromatic carbocycles. The molecule has 18 heavy (non-hydrogen) atoms. The minimum Gasteiger partial charge on any atom is -0.310 e. The fraction of sp³-hybridized carbons (Fsp3) is 0.571. The van der Waals surface area contributed by atoms with Gasteiger partial charge in [0.1, 0.15) is 5.82 Å². The monoisotopic (exact) mass is 270 g/mol. The molecule has 1 N–H and O–H groups in total. The number of rotatable bonds is 2. The quantitative estimate of drug-likeness (QED) is 0.889. The van der Waals surface area contributed by atoms with Crippen LogP contribution in [0.3, 0.4) is 0 Å². The Morgan fingerprint density at radius 3 is 2.94 bits per heavy atom. The highest BCUT2D eigenvalue weighted by Crippen LogP contribution is 2.19. The van der Waals surface area contributed by atoms with Crippen LogP contribution < -0.4 is 5.32 Å². The van der Waals surface area contributed by atoms with E-state index in [-0.39, 0.29) is 16.4 Å². The summed E-state index contributed by atoms with van der Waals surface area (Å²) in [6, 6.07) is 4.98. The average Bonchev–Trinajstić information content (AvgIpc) is 2.44. The molecule has 1 aromatic rings. The van der Waals surface area contributed by atoms with Gasteiger partial charge in [-0.15, -0.1) is 0 Å². The maximum atomic E-state index is 13.1. The van der Waals surface area contributed by atoms with Crippen molar-refractivity contribution in [3.05, 3.63) is 34.6 Å². The number of hydrogen-bond acceptors (Lipinski definition) is 2. The van der Waals surface area contributed by atoms with Crippen molar-refractivity contribution < 1.29 is 4.39 Å². The second-order valence-electron chi connectivity index (χ2n) is 5.62. The number of nitrogens with zero attached hydrogens (tertiary/aromatic N) is 1. The van der Waals surface area contributed by atoms with Gasteiger partial charge in [-0.1, -0.05) is 17.7 Å². The van der Waals surface area contributed by atoms with E-state index in [9.17, 15) is 4.39 Å². The summed E-state index contributed by atoms with van der Waals surface area (Å²) in [5.74, 6) is -0.349. The van der Waals surface area contributed by atoms with E-state index in [1.54, 1.807) is 6.07 Å². The molecule has 0 aromatic heterocycles. The largest absolute Gasteiger partial charge is 0.310 e. The lowest BCUT2D eigenvalue weighted by atomic mass is 10.1. The first kappa shape index (κ1) is 13.8. The predicted molar refractivity (Wildman–Crippen MR) is 73.4 cm³/mol. The van der Waals surface area contributed by atoms with E-state index in [0.717, 1.165) is 38.2 Å². The maximum absolute atomic E-state index is 13.1. The highest BCUT2D eigenvalue weighted by atomic mass is 35.5. The highest BCUT2D eigenvalue weighted by molar-refractivity contribution is 6.30. The minimum absolute atomic E-state index is 0.125. The zero-order valence-electron chi connectivity index (χ0n) is 11.0. The number of halogens is 2. The van der Waals surface area contributed by atoms with Gasteiger partial charge < -0.3 is 5.32 Å². The van der Waals surface area contributed by atoms with Crippen LogP contribution >= 0.6 is 11.6 Å². The molecule has 1 saturated heterocycles. The second kappa shape index (κ2) is 5.55. The summed E-state index contributed by atoms with van der Waals surface area (Å²) in [4.78, 5) is 2.39. The van der Waals surface area contributed by atoms with Crippen LogP contribution in [-0.4, -0.2) is 30.1 Å². The third-order valence-electron chi connectivity index (χ3n) is 3.26. The van der Waals surface area contributed by atoms with Gasteiger partial charge in [-0.25, -0.2) is 4.39 Å². The maximum Gasteiger partial charge on any atom is 0.141 e. The van der Waals surface area contributed by atoms with Gasteiger partial charge in [0.25, 0.3) is 0 Å². The summed E-state index contributed by atoms with van der Waals surface area (Å²) in [7, 11) is 0. The Labute approximate surface area is 113 Å². The Balaban J connectivity index is 2.05. The van der Waals surface area contributed by atoms with Crippen molar-refractivity contribution in [2.75, 3.05) is 19.6 Å². The molecule has 1 heterocycles. The number of hydrogen-bond donors (Lipinski definition) is 1. The first-order valence-electron chi connectivity index (χ1n) is 6.38. The van der Waals surface area contributed by atoms with Crippen LogP contribution in [0.5, 0.6) is 0 Å². The van der Waals surface area contributed by atoms with E-state index >= 15 is 0 Å². The first-order chi connectivity index (χ1) is 8.46. The fourth-order valence-corrected chi connectivity index (χ4v) is 2.66. The first-order valence-corrected chi connectivity index (χ1v) is 6.75. The average molecular weight is 271 g/mol. The van der Waals surface area contributed by atoms with Gasteiger partial charge in [-0.3, -0.25) is 4.90 Å². The van der Waals surface area contributed by atoms with Crippen molar-refractivity contribution in [3.8, 4) is 0 Å². The molecule has 1 aliphatic heterocycles. The molecule has 0 saturated carbocycles. The van der Waals surface area contributed by atoms with Crippen molar-refractivity contribution >= 4 is 11.6 Å². The Kier molecular flexibility index (Phi) is 4.25. The Morgan fingerprint density at radius 1 is 1.44 bits per heavy atom. The summed E-state index contributed by atoms with van der Waals surface area (Å²) in [5, 5.41) is 3.74. The van der Waals surface area contributed by atoms with E-state index in [1.807, 2.05) is 6.07 Å². The van der Waals surface area contributed by atoms with Crippen molar-refractivity contribution in [3.63, 3.8) is 0 Å².